The Morgan fingerprint density at radius 3 is 2.48 bits per heavy atom. The molecule has 0 aliphatic carbocycles. The summed E-state index contributed by atoms with van der Waals surface area (Å²) in [6.45, 7) is 9.90. The standard InChI is InChI=1S/C15H25ClN2O2S/c1-5-8-17-10-12-6-7-13(16)14(9-12)21(19,20)18-11-15(2,3)4/h6-7,9,17-18H,5,8,10-11H2,1-4H3. The normalized spacial score (nSPS) is 12.6. The molecule has 1 rings (SSSR count). The SMILES string of the molecule is CCCNCc1ccc(Cl)c(S(=O)(=O)NCC(C)(C)C)c1. The van der Waals surface area contributed by atoms with Gasteiger partial charge in [-0.3, -0.25) is 0 Å². The molecule has 2 N–H and O–H groups in total. The summed E-state index contributed by atoms with van der Waals surface area (Å²) in [6.07, 6.45) is 1.03. The summed E-state index contributed by atoms with van der Waals surface area (Å²) in [6, 6.07) is 5.11. The lowest BCUT2D eigenvalue weighted by Crippen LogP contribution is -2.32. The highest BCUT2D eigenvalue weighted by Gasteiger charge is 2.21. The Balaban J connectivity index is 2.92. The van der Waals surface area contributed by atoms with E-state index in [1.54, 1.807) is 12.1 Å². The lowest BCUT2D eigenvalue weighted by molar-refractivity contribution is 0.407. The van der Waals surface area contributed by atoms with Gasteiger partial charge < -0.3 is 5.32 Å². The van der Waals surface area contributed by atoms with Gasteiger partial charge in [-0.15, -0.1) is 0 Å². The van der Waals surface area contributed by atoms with Crippen molar-refractivity contribution in [1.29, 1.82) is 0 Å². The molecule has 0 saturated carbocycles. The lowest BCUT2D eigenvalue weighted by Gasteiger charge is -2.19. The van der Waals surface area contributed by atoms with Gasteiger partial charge in [0.1, 0.15) is 4.90 Å². The lowest BCUT2D eigenvalue weighted by atomic mass is 9.98. The average Bonchev–Trinajstić information content (AvgIpc) is 2.38. The van der Waals surface area contributed by atoms with Crippen LogP contribution in [0.3, 0.4) is 0 Å². The third kappa shape index (κ3) is 6.34. The number of benzene rings is 1. The van der Waals surface area contributed by atoms with E-state index in [2.05, 4.69) is 17.0 Å². The number of halogens is 1. The molecule has 0 aliphatic heterocycles. The van der Waals surface area contributed by atoms with E-state index in [1.165, 1.54) is 0 Å². The summed E-state index contributed by atoms with van der Waals surface area (Å²) < 4.78 is 27.3. The van der Waals surface area contributed by atoms with E-state index in [4.69, 9.17) is 11.6 Å². The van der Waals surface area contributed by atoms with Crippen LogP contribution in [0.2, 0.25) is 5.02 Å². The summed E-state index contributed by atoms with van der Waals surface area (Å²) in [7, 11) is -3.59. The third-order valence-corrected chi connectivity index (χ3v) is 4.72. The molecule has 4 nitrogen and oxygen atoms in total. The van der Waals surface area contributed by atoms with Crippen LogP contribution in [0.1, 0.15) is 39.7 Å². The molecule has 0 amide bonds. The molecular weight excluding hydrogens is 308 g/mol. The Morgan fingerprint density at radius 2 is 1.90 bits per heavy atom. The van der Waals surface area contributed by atoms with Gasteiger partial charge >= 0.3 is 0 Å². The molecule has 0 atom stereocenters. The Labute approximate surface area is 133 Å². The zero-order valence-corrected chi connectivity index (χ0v) is 14.7. The maximum Gasteiger partial charge on any atom is 0.242 e. The molecule has 21 heavy (non-hydrogen) atoms. The molecule has 0 radical (unpaired) electrons. The van der Waals surface area contributed by atoms with Crippen LogP contribution in [-0.4, -0.2) is 21.5 Å². The van der Waals surface area contributed by atoms with Gasteiger partial charge in [0.25, 0.3) is 0 Å². The van der Waals surface area contributed by atoms with Crippen LogP contribution in [0, 0.1) is 5.41 Å². The fourth-order valence-corrected chi connectivity index (χ4v) is 3.49. The van der Waals surface area contributed by atoms with Gasteiger partial charge in [0.15, 0.2) is 0 Å². The van der Waals surface area contributed by atoms with E-state index in [1.807, 2.05) is 26.8 Å². The molecule has 120 valence electrons. The molecule has 1 aromatic rings. The van der Waals surface area contributed by atoms with Crippen LogP contribution in [0.5, 0.6) is 0 Å². The topological polar surface area (TPSA) is 58.2 Å². The van der Waals surface area contributed by atoms with E-state index < -0.39 is 10.0 Å². The highest BCUT2D eigenvalue weighted by Crippen LogP contribution is 2.23. The summed E-state index contributed by atoms with van der Waals surface area (Å²) >= 11 is 6.05. The van der Waals surface area contributed by atoms with E-state index in [0.29, 0.717) is 13.1 Å². The van der Waals surface area contributed by atoms with Crippen molar-refractivity contribution in [3.8, 4) is 0 Å². The van der Waals surface area contributed by atoms with Crippen molar-refractivity contribution in [3.05, 3.63) is 28.8 Å². The van der Waals surface area contributed by atoms with E-state index in [-0.39, 0.29) is 15.3 Å². The van der Waals surface area contributed by atoms with Crippen LogP contribution in [0.25, 0.3) is 0 Å². The van der Waals surface area contributed by atoms with Crippen molar-refractivity contribution in [1.82, 2.24) is 10.0 Å². The summed E-state index contributed by atoms with van der Waals surface area (Å²) in [5, 5.41) is 3.49. The van der Waals surface area contributed by atoms with Gasteiger partial charge in [0.05, 0.1) is 5.02 Å². The minimum Gasteiger partial charge on any atom is -0.313 e. The second-order valence-corrected chi connectivity index (χ2v) is 8.47. The first-order valence-electron chi connectivity index (χ1n) is 7.14. The van der Waals surface area contributed by atoms with Crippen molar-refractivity contribution in [3.63, 3.8) is 0 Å². The molecule has 6 heteroatoms. The van der Waals surface area contributed by atoms with E-state index >= 15 is 0 Å². The molecule has 0 saturated heterocycles. The van der Waals surface area contributed by atoms with Crippen LogP contribution < -0.4 is 10.0 Å². The van der Waals surface area contributed by atoms with Crippen molar-refractivity contribution in [2.75, 3.05) is 13.1 Å². The van der Waals surface area contributed by atoms with Gasteiger partial charge in [-0.25, -0.2) is 13.1 Å². The molecule has 0 aromatic heterocycles. The summed E-state index contributed by atoms with van der Waals surface area (Å²) in [4.78, 5) is 0.143. The number of rotatable bonds is 7. The van der Waals surface area contributed by atoms with Crippen molar-refractivity contribution in [2.45, 2.75) is 45.6 Å². The maximum absolute atomic E-state index is 12.4. The first-order valence-corrected chi connectivity index (χ1v) is 9.00. The predicted octanol–water partition coefficient (Wildman–Crippen LogP) is 3.16. The highest BCUT2D eigenvalue weighted by atomic mass is 35.5. The predicted molar refractivity (Wildman–Crippen MR) is 88.1 cm³/mol. The Kier molecular flexibility index (Phi) is 6.66. The molecule has 1 aromatic carbocycles. The molecule has 0 fully saturated rings. The summed E-state index contributed by atoms with van der Waals surface area (Å²) in [5.74, 6) is 0. The second kappa shape index (κ2) is 7.58. The van der Waals surface area contributed by atoms with Gasteiger partial charge in [-0.1, -0.05) is 45.4 Å². The van der Waals surface area contributed by atoms with E-state index in [9.17, 15) is 8.42 Å². The van der Waals surface area contributed by atoms with Crippen LogP contribution >= 0.6 is 11.6 Å². The maximum atomic E-state index is 12.4. The van der Waals surface area contributed by atoms with Gasteiger partial charge in [0, 0.05) is 13.1 Å². The van der Waals surface area contributed by atoms with Gasteiger partial charge in [0.2, 0.25) is 10.0 Å². The largest absolute Gasteiger partial charge is 0.313 e. The third-order valence-electron chi connectivity index (χ3n) is 2.83. The van der Waals surface area contributed by atoms with Crippen molar-refractivity contribution in [2.24, 2.45) is 5.41 Å². The minimum absolute atomic E-state index is 0.125. The van der Waals surface area contributed by atoms with Gasteiger partial charge in [-0.05, 0) is 36.1 Å². The Bertz CT molecular complexity index is 566. The van der Waals surface area contributed by atoms with Gasteiger partial charge in [-0.2, -0.15) is 0 Å². The fraction of sp³-hybridized carbons (Fsp3) is 0.600. The molecular formula is C15H25ClN2O2S. The number of hydrogen-bond donors (Lipinski definition) is 2. The van der Waals surface area contributed by atoms with Crippen LogP contribution in [-0.2, 0) is 16.6 Å². The van der Waals surface area contributed by atoms with Crippen molar-refractivity contribution < 1.29 is 8.42 Å². The zero-order chi connectivity index (χ0) is 16.1. The highest BCUT2D eigenvalue weighted by molar-refractivity contribution is 7.89. The second-order valence-electron chi connectivity index (χ2n) is 6.33. The molecule has 0 bridgehead atoms. The molecule has 0 heterocycles. The zero-order valence-electron chi connectivity index (χ0n) is 13.2. The molecule has 0 unspecified atom stereocenters. The summed E-state index contributed by atoms with van der Waals surface area (Å²) in [5.41, 5.74) is 0.781. The first-order chi connectivity index (χ1) is 9.65. The van der Waals surface area contributed by atoms with Crippen molar-refractivity contribution >= 4 is 21.6 Å². The van der Waals surface area contributed by atoms with Crippen LogP contribution in [0.15, 0.2) is 23.1 Å². The molecule has 0 aliphatic rings. The minimum atomic E-state index is -3.59. The fourth-order valence-electron chi connectivity index (χ4n) is 1.66. The van der Waals surface area contributed by atoms with Crippen LogP contribution in [0.4, 0.5) is 0 Å². The Morgan fingerprint density at radius 1 is 1.24 bits per heavy atom. The first kappa shape index (κ1) is 18.4. The Hall–Kier alpha value is -0.620. The number of hydrogen-bond acceptors (Lipinski definition) is 3. The number of sulfonamides is 1. The van der Waals surface area contributed by atoms with E-state index in [0.717, 1.165) is 18.5 Å². The monoisotopic (exact) mass is 332 g/mol. The smallest absolute Gasteiger partial charge is 0.242 e. The quantitative estimate of drug-likeness (QED) is 0.754. The average molecular weight is 333 g/mol. The number of nitrogens with one attached hydrogen (secondary N) is 2. The molecule has 0 spiro atoms.